The number of aliphatic hydroxyl groups is 1. The highest BCUT2D eigenvalue weighted by molar-refractivity contribution is 9.10. The van der Waals surface area contributed by atoms with Crippen LogP contribution in [0.3, 0.4) is 0 Å². The molecule has 0 saturated carbocycles. The molecule has 1 aliphatic rings. The molecule has 0 aromatic heterocycles. The molecule has 3 N–H and O–H groups in total. The van der Waals surface area contributed by atoms with Crippen molar-refractivity contribution in [2.24, 2.45) is 10.4 Å². The fraction of sp³-hybridized carbons (Fsp3) is 0.632. The van der Waals surface area contributed by atoms with Crippen molar-refractivity contribution in [1.29, 1.82) is 0 Å². The van der Waals surface area contributed by atoms with Crippen LogP contribution < -0.4 is 10.6 Å². The number of thioether (sulfide) groups is 1. The van der Waals surface area contributed by atoms with Crippen LogP contribution in [0, 0.1) is 5.41 Å². The summed E-state index contributed by atoms with van der Waals surface area (Å²) >= 11 is 5.31. The summed E-state index contributed by atoms with van der Waals surface area (Å²) in [6, 6.07) is 8.39. The van der Waals surface area contributed by atoms with Gasteiger partial charge in [-0.25, -0.2) is 0 Å². The number of nitrogens with one attached hydrogen (secondary N) is 2. The molecule has 0 spiro atoms. The van der Waals surface area contributed by atoms with Crippen LogP contribution in [0.25, 0.3) is 0 Å². The van der Waals surface area contributed by atoms with Crippen LogP contribution >= 0.6 is 27.7 Å². The number of hydrogen-bond acceptors (Lipinski definition) is 4. The number of ether oxygens (including phenoxy) is 1. The number of benzene rings is 1. The van der Waals surface area contributed by atoms with Gasteiger partial charge in [0.05, 0.1) is 6.61 Å². The van der Waals surface area contributed by atoms with Gasteiger partial charge in [0.25, 0.3) is 0 Å². The normalized spacial score (nSPS) is 21.0. The van der Waals surface area contributed by atoms with Gasteiger partial charge in [-0.3, -0.25) is 4.99 Å². The Hall–Kier alpha value is -0.760. The van der Waals surface area contributed by atoms with Crippen molar-refractivity contribution in [2.45, 2.75) is 36.3 Å². The smallest absolute Gasteiger partial charge is 0.191 e. The monoisotopic (exact) mass is 443 g/mol. The van der Waals surface area contributed by atoms with Crippen molar-refractivity contribution in [3.8, 4) is 0 Å². The molecule has 0 aliphatic carbocycles. The van der Waals surface area contributed by atoms with Crippen LogP contribution in [-0.2, 0) is 4.74 Å². The molecule has 7 heteroatoms. The Bertz CT molecular complexity index is 587. The Balaban J connectivity index is 1.84. The van der Waals surface area contributed by atoms with Crippen LogP contribution in [0.1, 0.15) is 26.7 Å². The maximum absolute atomic E-state index is 9.35. The average Bonchev–Trinajstić information content (AvgIpc) is 3.06. The van der Waals surface area contributed by atoms with Gasteiger partial charge >= 0.3 is 0 Å². The Morgan fingerprint density at radius 3 is 2.65 bits per heavy atom. The number of aliphatic imine (C=N–C) groups is 1. The van der Waals surface area contributed by atoms with Crippen molar-refractivity contribution in [3.05, 3.63) is 28.7 Å². The third-order valence-electron chi connectivity index (χ3n) is 4.57. The molecule has 1 aliphatic heterocycles. The number of hydrogen-bond donors (Lipinski definition) is 3. The molecule has 0 bridgehead atoms. The van der Waals surface area contributed by atoms with Gasteiger partial charge in [-0.05, 0) is 51.0 Å². The summed E-state index contributed by atoms with van der Waals surface area (Å²) in [5, 5.41) is 16.2. The van der Waals surface area contributed by atoms with Gasteiger partial charge < -0.3 is 20.5 Å². The highest BCUT2D eigenvalue weighted by atomic mass is 79.9. The van der Waals surface area contributed by atoms with Crippen molar-refractivity contribution in [1.82, 2.24) is 10.6 Å². The fourth-order valence-electron chi connectivity index (χ4n) is 2.96. The Morgan fingerprint density at radius 1 is 1.35 bits per heavy atom. The van der Waals surface area contributed by atoms with E-state index in [1.165, 1.54) is 4.90 Å². The zero-order valence-corrected chi connectivity index (χ0v) is 18.3. The number of rotatable bonds is 8. The number of aliphatic hydroxyl groups excluding tert-OH is 1. The first-order chi connectivity index (χ1) is 12.4. The number of guanidine groups is 1. The van der Waals surface area contributed by atoms with Crippen molar-refractivity contribution >= 4 is 33.7 Å². The molecular weight excluding hydrogens is 414 g/mol. The van der Waals surface area contributed by atoms with E-state index >= 15 is 0 Å². The maximum atomic E-state index is 9.35. The highest BCUT2D eigenvalue weighted by Crippen LogP contribution is 2.33. The molecule has 1 unspecified atom stereocenters. The lowest BCUT2D eigenvalue weighted by molar-refractivity contribution is 0.127. The second-order valence-electron chi connectivity index (χ2n) is 7.37. The molecule has 146 valence electrons. The van der Waals surface area contributed by atoms with Gasteiger partial charge in [0, 0.05) is 52.9 Å². The second-order valence-corrected chi connectivity index (χ2v) is 10.1. The predicted molar refractivity (Wildman–Crippen MR) is 113 cm³/mol. The third-order valence-corrected chi connectivity index (χ3v) is 6.30. The molecule has 0 radical (unpaired) electrons. The molecule has 1 aromatic carbocycles. The van der Waals surface area contributed by atoms with Crippen LogP contribution in [0.4, 0.5) is 0 Å². The molecule has 1 heterocycles. The SMILES string of the molecule is CN=C(NCC1(CCO)CCOC1)NCC(C)(C)Sc1ccc(Br)cc1. The van der Waals surface area contributed by atoms with Crippen molar-refractivity contribution in [3.63, 3.8) is 0 Å². The number of halogens is 1. The third kappa shape index (κ3) is 6.76. The molecule has 0 amide bonds. The summed E-state index contributed by atoms with van der Waals surface area (Å²) in [4.78, 5) is 5.58. The molecule has 1 aromatic rings. The first kappa shape index (κ1) is 21.5. The second kappa shape index (κ2) is 9.97. The summed E-state index contributed by atoms with van der Waals surface area (Å²) in [6.45, 7) is 7.64. The lowest BCUT2D eigenvalue weighted by atomic mass is 9.84. The molecular formula is C19H30BrN3O2S. The molecule has 1 atom stereocenters. The van der Waals surface area contributed by atoms with Crippen molar-refractivity contribution < 1.29 is 9.84 Å². The largest absolute Gasteiger partial charge is 0.396 e. The van der Waals surface area contributed by atoms with E-state index in [1.54, 1.807) is 7.05 Å². The van der Waals surface area contributed by atoms with Crippen LogP contribution in [0.5, 0.6) is 0 Å². The van der Waals surface area contributed by atoms with E-state index in [-0.39, 0.29) is 16.8 Å². The fourth-order valence-corrected chi connectivity index (χ4v) is 4.28. The zero-order chi connectivity index (χ0) is 19.0. The van der Waals surface area contributed by atoms with Gasteiger partial charge in [-0.15, -0.1) is 11.8 Å². The van der Waals surface area contributed by atoms with Gasteiger partial charge in [-0.2, -0.15) is 0 Å². The maximum Gasteiger partial charge on any atom is 0.191 e. The quantitative estimate of drug-likeness (QED) is 0.326. The first-order valence-electron chi connectivity index (χ1n) is 8.96. The van der Waals surface area contributed by atoms with E-state index in [2.05, 4.69) is 69.7 Å². The van der Waals surface area contributed by atoms with E-state index in [9.17, 15) is 5.11 Å². The van der Waals surface area contributed by atoms with Crippen LogP contribution in [0.15, 0.2) is 38.6 Å². The lowest BCUT2D eigenvalue weighted by Gasteiger charge is -2.29. The topological polar surface area (TPSA) is 65.9 Å². The Kier molecular flexibility index (Phi) is 8.26. The summed E-state index contributed by atoms with van der Waals surface area (Å²) < 4.78 is 6.66. The standard InChI is InChI=1S/C19H30BrN3O2S/c1-18(2,26-16-6-4-15(20)5-7-16)12-22-17(21-3)23-13-19(8-10-24)9-11-25-14-19/h4-7,24H,8-14H2,1-3H3,(H2,21,22,23). The van der Waals surface area contributed by atoms with E-state index in [0.29, 0.717) is 6.61 Å². The summed E-state index contributed by atoms with van der Waals surface area (Å²) in [5.74, 6) is 0.790. The first-order valence-corrected chi connectivity index (χ1v) is 10.6. The van der Waals surface area contributed by atoms with Gasteiger partial charge in [0.15, 0.2) is 5.96 Å². The minimum absolute atomic E-state index is 0.00800. The minimum atomic E-state index is 0.00800. The summed E-state index contributed by atoms with van der Waals surface area (Å²) in [7, 11) is 1.79. The average molecular weight is 444 g/mol. The van der Waals surface area contributed by atoms with Crippen molar-refractivity contribution in [2.75, 3.05) is 40.0 Å². The molecule has 26 heavy (non-hydrogen) atoms. The zero-order valence-electron chi connectivity index (χ0n) is 15.8. The molecule has 5 nitrogen and oxygen atoms in total. The van der Waals surface area contributed by atoms with E-state index in [0.717, 1.165) is 43.0 Å². The van der Waals surface area contributed by atoms with E-state index in [4.69, 9.17) is 4.74 Å². The van der Waals surface area contributed by atoms with Crippen LogP contribution in [-0.4, -0.2) is 55.8 Å². The Morgan fingerprint density at radius 2 is 2.08 bits per heavy atom. The lowest BCUT2D eigenvalue weighted by Crippen LogP contribution is -2.47. The minimum Gasteiger partial charge on any atom is -0.396 e. The van der Waals surface area contributed by atoms with Gasteiger partial charge in [-0.1, -0.05) is 15.9 Å². The van der Waals surface area contributed by atoms with Crippen LogP contribution in [0.2, 0.25) is 0 Å². The molecule has 2 rings (SSSR count). The van der Waals surface area contributed by atoms with Gasteiger partial charge in [0.2, 0.25) is 0 Å². The molecule has 1 saturated heterocycles. The van der Waals surface area contributed by atoms with E-state index < -0.39 is 0 Å². The van der Waals surface area contributed by atoms with Gasteiger partial charge in [0.1, 0.15) is 0 Å². The number of nitrogens with zero attached hydrogens (tertiary/aromatic N) is 1. The molecule has 1 fully saturated rings. The highest BCUT2D eigenvalue weighted by Gasteiger charge is 2.34. The Labute approximate surface area is 169 Å². The predicted octanol–water partition coefficient (Wildman–Crippen LogP) is 3.27. The summed E-state index contributed by atoms with van der Waals surface area (Å²) in [5.41, 5.74) is 0.00800. The van der Waals surface area contributed by atoms with E-state index in [1.807, 2.05) is 11.8 Å². The summed E-state index contributed by atoms with van der Waals surface area (Å²) in [6.07, 6.45) is 1.73.